The molecule has 0 spiro atoms. The van der Waals surface area contributed by atoms with E-state index in [0.29, 0.717) is 6.42 Å². The monoisotopic (exact) mass is 288 g/mol. The van der Waals surface area contributed by atoms with Crippen LogP contribution >= 0.6 is 11.6 Å². The van der Waals surface area contributed by atoms with E-state index in [4.69, 9.17) is 11.6 Å². The fourth-order valence-electron chi connectivity index (χ4n) is 2.48. The summed E-state index contributed by atoms with van der Waals surface area (Å²) in [5, 5.41) is 11.2. The van der Waals surface area contributed by atoms with Gasteiger partial charge in [-0.05, 0) is 67.1 Å². The number of hydrogen-bond donors (Lipinski definition) is 1. The molecule has 0 aliphatic carbocycles. The van der Waals surface area contributed by atoms with Crippen LogP contribution in [-0.4, -0.2) is 5.11 Å². The molecule has 20 heavy (non-hydrogen) atoms. The summed E-state index contributed by atoms with van der Waals surface area (Å²) in [5.41, 5.74) is 6.71. The minimum Gasteiger partial charge on any atom is -0.388 e. The van der Waals surface area contributed by atoms with Crippen molar-refractivity contribution in [1.82, 2.24) is 0 Å². The molecule has 106 valence electrons. The van der Waals surface area contributed by atoms with Gasteiger partial charge in [0.1, 0.15) is 0 Å². The van der Waals surface area contributed by atoms with Crippen molar-refractivity contribution in [2.45, 2.75) is 40.2 Å². The zero-order chi connectivity index (χ0) is 14.9. The SMILES string of the molecule is Cc1ccc(CC(O)c2cc(C)c(C)cc2C)c(Cl)c1. The van der Waals surface area contributed by atoms with E-state index in [9.17, 15) is 5.11 Å². The third-order valence-electron chi connectivity index (χ3n) is 3.86. The first-order valence-corrected chi connectivity index (χ1v) is 7.27. The van der Waals surface area contributed by atoms with Gasteiger partial charge < -0.3 is 5.11 Å². The van der Waals surface area contributed by atoms with Gasteiger partial charge in [-0.3, -0.25) is 0 Å². The van der Waals surface area contributed by atoms with Crippen LogP contribution in [0.2, 0.25) is 5.02 Å². The van der Waals surface area contributed by atoms with Gasteiger partial charge in [0.2, 0.25) is 0 Å². The first-order chi connectivity index (χ1) is 9.38. The van der Waals surface area contributed by atoms with Crippen molar-refractivity contribution in [3.63, 3.8) is 0 Å². The predicted octanol–water partition coefficient (Wildman–Crippen LogP) is 4.85. The molecule has 0 bridgehead atoms. The van der Waals surface area contributed by atoms with Gasteiger partial charge in [-0.2, -0.15) is 0 Å². The van der Waals surface area contributed by atoms with Crippen LogP contribution in [-0.2, 0) is 6.42 Å². The molecule has 0 aliphatic heterocycles. The van der Waals surface area contributed by atoms with Crippen LogP contribution in [0, 0.1) is 27.7 Å². The summed E-state index contributed by atoms with van der Waals surface area (Å²) < 4.78 is 0. The molecule has 1 nitrogen and oxygen atoms in total. The van der Waals surface area contributed by atoms with Crippen molar-refractivity contribution in [2.75, 3.05) is 0 Å². The Morgan fingerprint density at radius 2 is 1.60 bits per heavy atom. The predicted molar refractivity (Wildman–Crippen MR) is 85.5 cm³/mol. The summed E-state index contributed by atoms with van der Waals surface area (Å²) in [6, 6.07) is 10.2. The Morgan fingerprint density at radius 1 is 0.950 bits per heavy atom. The summed E-state index contributed by atoms with van der Waals surface area (Å²) in [5.74, 6) is 0. The second-order valence-corrected chi connectivity index (χ2v) is 6.02. The second kappa shape index (κ2) is 5.99. The molecule has 1 atom stereocenters. The first kappa shape index (κ1) is 15.1. The molecule has 1 N–H and O–H groups in total. The van der Waals surface area contributed by atoms with Gasteiger partial charge in [-0.1, -0.05) is 35.9 Å². The van der Waals surface area contributed by atoms with Crippen LogP contribution in [0.25, 0.3) is 0 Å². The highest BCUT2D eigenvalue weighted by atomic mass is 35.5. The molecule has 0 saturated carbocycles. The van der Waals surface area contributed by atoms with Crippen LogP contribution in [0.3, 0.4) is 0 Å². The van der Waals surface area contributed by atoms with Crippen LogP contribution in [0.4, 0.5) is 0 Å². The molecule has 0 radical (unpaired) electrons. The van der Waals surface area contributed by atoms with Gasteiger partial charge in [0, 0.05) is 11.4 Å². The Morgan fingerprint density at radius 3 is 2.25 bits per heavy atom. The molecule has 0 saturated heterocycles. The number of aliphatic hydroxyl groups excluding tert-OH is 1. The van der Waals surface area contributed by atoms with E-state index in [1.165, 1.54) is 11.1 Å². The fraction of sp³-hybridized carbons (Fsp3) is 0.333. The van der Waals surface area contributed by atoms with Crippen LogP contribution in [0.1, 0.15) is 39.5 Å². The van der Waals surface area contributed by atoms with Crippen molar-refractivity contribution in [3.05, 3.63) is 68.7 Å². The Balaban J connectivity index is 2.28. The molecule has 0 aromatic heterocycles. The average Bonchev–Trinajstić information content (AvgIpc) is 2.37. The third-order valence-corrected chi connectivity index (χ3v) is 4.22. The van der Waals surface area contributed by atoms with E-state index in [1.54, 1.807) is 0 Å². The molecular formula is C18H21ClO. The van der Waals surface area contributed by atoms with Gasteiger partial charge in [0.05, 0.1) is 6.10 Å². The van der Waals surface area contributed by atoms with Gasteiger partial charge in [-0.25, -0.2) is 0 Å². The molecule has 2 aromatic carbocycles. The summed E-state index contributed by atoms with van der Waals surface area (Å²) in [6.07, 6.45) is 0.0251. The molecule has 2 rings (SSSR count). The number of hydrogen-bond acceptors (Lipinski definition) is 1. The quantitative estimate of drug-likeness (QED) is 0.856. The molecule has 0 fully saturated rings. The van der Waals surface area contributed by atoms with E-state index >= 15 is 0 Å². The highest BCUT2D eigenvalue weighted by Gasteiger charge is 2.14. The Kier molecular flexibility index (Phi) is 4.52. The topological polar surface area (TPSA) is 20.2 Å². The lowest BCUT2D eigenvalue weighted by Crippen LogP contribution is -2.05. The van der Waals surface area contributed by atoms with E-state index in [-0.39, 0.29) is 0 Å². The van der Waals surface area contributed by atoms with Crippen molar-refractivity contribution >= 4 is 11.6 Å². The molecular weight excluding hydrogens is 268 g/mol. The maximum atomic E-state index is 10.5. The first-order valence-electron chi connectivity index (χ1n) is 6.89. The molecule has 2 heteroatoms. The van der Waals surface area contributed by atoms with E-state index in [2.05, 4.69) is 26.0 Å². The van der Waals surface area contributed by atoms with Crippen LogP contribution in [0.15, 0.2) is 30.3 Å². The highest BCUT2D eigenvalue weighted by Crippen LogP contribution is 2.27. The lowest BCUT2D eigenvalue weighted by Gasteiger charge is -2.17. The van der Waals surface area contributed by atoms with E-state index in [0.717, 1.165) is 27.3 Å². The number of rotatable bonds is 3. The number of halogens is 1. The summed E-state index contributed by atoms with van der Waals surface area (Å²) in [6.45, 7) is 8.22. The van der Waals surface area contributed by atoms with Gasteiger partial charge in [0.15, 0.2) is 0 Å². The summed E-state index contributed by atoms with van der Waals surface area (Å²) in [7, 11) is 0. The van der Waals surface area contributed by atoms with E-state index in [1.807, 2.05) is 32.0 Å². The van der Waals surface area contributed by atoms with Gasteiger partial charge in [0.25, 0.3) is 0 Å². The van der Waals surface area contributed by atoms with Gasteiger partial charge in [-0.15, -0.1) is 0 Å². The van der Waals surface area contributed by atoms with Crippen molar-refractivity contribution in [3.8, 4) is 0 Å². The van der Waals surface area contributed by atoms with Crippen molar-refractivity contribution in [1.29, 1.82) is 0 Å². The van der Waals surface area contributed by atoms with Crippen molar-refractivity contribution < 1.29 is 5.11 Å². The molecule has 0 heterocycles. The molecule has 0 amide bonds. The minimum absolute atomic E-state index is 0.519. The van der Waals surface area contributed by atoms with Crippen molar-refractivity contribution in [2.24, 2.45) is 0 Å². The smallest absolute Gasteiger partial charge is 0.0833 e. The number of aryl methyl sites for hydroxylation is 4. The fourth-order valence-corrected chi connectivity index (χ4v) is 2.79. The Bertz CT molecular complexity index is 632. The largest absolute Gasteiger partial charge is 0.388 e. The summed E-state index contributed by atoms with van der Waals surface area (Å²) >= 11 is 6.25. The lowest BCUT2D eigenvalue weighted by molar-refractivity contribution is 0.177. The van der Waals surface area contributed by atoms with Crippen LogP contribution < -0.4 is 0 Å². The highest BCUT2D eigenvalue weighted by molar-refractivity contribution is 6.31. The zero-order valence-electron chi connectivity index (χ0n) is 12.5. The Labute approximate surface area is 126 Å². The minimum atomic E-state index is -0.519. The van der Waals surface area contributed by atoms with Gasteiger partial charge >= 0.3 is 0 Å². The average molecular weight is 289 g/mol. The van der Waals surface area contributed by atoms with Crippen LogP contribution in [0.5, 0.6) is 0 Å². The maximum absolute atomic E-state index is 10.5. The zero-order valence-corrected chi connectivity index (χ0v) is 13.3. The van der Waals surface area contributed by atoms with E-state index < -0.39 is 6.10 Å². The molecule has 1 unspecified atom stereocenters. The standard InChI is InChI=1S/C18H21ClO/c1-11-5-6-15(17(19)7-11)10-18(20)16-9-13(3)12(2)8-14(16)4/h5-9,18,20H,10H2,1-4H3. The normalized spacial score (nSPS) is 12.5. The molecule has 0 aliphatic rings. The molecule has 2 aromatic rings. The maximum Gasteiger partial charge on any atom is 0.0833 e. The summed E-state index contributed by atoms with van der Waals surface area (Å²) in [4.78, 5) is 0. The number of aliphatic hydroxyl groups is 1. The number of benzene rings is 2. The third kappa shape index (κ3) is 3.23. The Hall–Kier alpha value is -1.31. The lowest BCUT2D eigenvalue weighted by atomic mass is 9.93. The second-order valence-electron chi connectivity index (χ2n) is 5.61.